The molecule has 0 saturated carbocycles. The zero-order chi connectivity index (χ0) is 14.0. The zero-order valence-corrected chi connectivity index (χ0v) is 11.2. The zero-order valence-electron chi connectivity index (χ0n) is 11.2. The lowest BCUT2D eigenvalue weighted by atomic mass is 10.2. The quantitative estimate of drug-likeness (QED) is 0.501. The maximum atomic E-state index is 11.7. The third-order valence-electron chi connectivity index (χ3n) is 3.12. The number of rotatable bonds is 3. The highest BCUT2D eigenvalue weighted by Crippen LogP contribution is 2.23. The summed E-state index contributed by atoms with van der Waals surface area (Å²) < 4.78 is 7.21. The van der Waals surface area contributed by atoms with Crippen molar-refractivity contribution < 1.29 is 9.53 Å². The lowest BCUT2D eigenvalue weighted by Gasteiger charge is -2.11. The molecule has 2 aromatic rings. The van der Waals surface area contributed by atoms with Crippen LogP contribution < -0.4 is 16.0 Å². The molecule has 1 aromatic carbocycles. The SMILES string of the molecule is COc1cccc(-n2c(C)cc(C(=O)NN)c2C)c1. The van der Waals surface area contributed by atoms with E-state index in [0.717, 1.165) is 22.8 Å². The largest absolute Gasteiger partial charge is 0.497 e. The van der Waals surface area contributed by atoms with E-state index in [1.165, 1.54) is 0 Å². The summed E-state index contributed by atoms with van der Waals surface area (Å²) >= 11 is 0. The molecule has 0 saturated heterocycles. The average molecular weight is 259 g/mol. The number of nitrogens with one attached hydrogen (secondary N) is 1. The van der Waals surface area contributed by atoms with Crippen molar-refractivity contribution in [2.45, 2.75) is 13.8 Å². The van der Waals surface area contributed by atoms with E-state index in [0.29, 0.717) is 5.56 Å². The molecule has 0 aliphatic carbocycles. The van der Waals surface area contributed by atoms with E-state index in [1.54, 1.807) is 7.11 Å². The molecule has 1 amide bonds. The van der Waals surface area contributed by atoms with Gasteiger partial charge in [0.05, 0.1) is 12.7 Å². The molecule has 1 heterocycles. The first kappa shape index (κ1) is 13.2. The topological polar surface area (TPSA) is 69.3 Å². The number of ether oxygens (including phenoxy) is 1. The molecule has 2 rings (SSSR count). The van der Waals surface area contributed by atoms with Crippen LogP contribution in [0.1, 0.15) is 21.7 Å². The van der Waals surface area contributed by atoms with Crippen LogP contribution in [0.4, 0.5) is 0 Å². The minimum Gasteiger partial charge on any atom is -0.497 e. The van der Waals surface area contributed by atoms with Crippen molar-refractivity contribution in [3.05, 3.63) is 47.3 Å². The number of amides is 1. The molecule has 0 atom stereocenters. The summed E-state index contributed by atoms with van der Waals surface area (Å²) in [6.45, 7) is 3.83. The summed E-state index contributed by atoms with van der Waals surface area (Å²) in [5, 5.41) is 0. The number of benzene rings is 1. The summed E-state index contributed by atoms with van der Waals surface area (Å²) in [7, 11) is 1.63. The summed E-state index contributed by atoms with van der Waals surface area (Å²) in [4.78, 5) is 11.7. The second kappa shape index (κ2) is 5.16. The minimum absolute atomic E-state index is 0.290. The van der Waals surface area contributed by atoms with E-state index in [1.807, 2.05) is 48.7 Å². The van der Waals surface area contributed by atoms with Gasteiger partial charge in [0.2, 0.25) is 0 Å². The first-order valence-electron chi connectivity index (χ1n) is 5.92. The van der Waals surface area contributed by atoms with Crippen LogP contribution in [-0.2, 0) is 0 Å². The maximum Gasteiger partial charge on any atom is 0.267 e. The van der Waals surface area contributed by atoms with Crippen molar-refractivity contribution in [2.75, 3.05) is 7.11 Å². The fourth-order valence-corrected chi connectivity index (χ4v) is 2.22. The second-order valence-corrected chi connectivity index (χ2v) is 4.30. The fourth-order valence-electron chi connectivity index (χ4n) is 2.22. The van der Waals surface area contributed by atoms with Crippen LogP contribution in [-0.4, -0.2) is 17.6 Å². The van der Waals surface area contributed by atoms with Gasteiger partial charge in [-0.15, -0.1) is 0 Å². The monoisotopic (exact) mass is 259 g/mol. The average Bonchev–Trinajstić information content (AvgIpc) is 2.73. The molecule has 0 radical (unpaired) electrons. The normalized spacial score (nSPS) is 10.3. The van der Waals surface area contributed by atoms with E-state index in [9.17, 15) is 4.79 Å². The molecule has 1 aromatic heterocycles. The number of aryl methyl sites for hydroxylation is 1. The van der Waals surface area contributed by atoms with Gasteiger partial charge in [-0.25, -0.2) is 5.84 Å². The van der Waals surface area contributed by atoms with Gasteiger partial charge in [0, 0.05) is 23.1 Å². The Morgan fingerprint density at radius 3 is 2.68 bits per heavy atom. The Bertz CT molecular complexity index is 617. The van der Waals surface area contributed by atoms with Crippen molar-refractivity contribution in [3.63, 3.8) is 0 Å². The lowest BCUT2D eigenvalue weighted by molar-refractivity contribution is 0.0953. The number of carbonyl (C=O) groups excluding carboxylic acids is 1. The van der Waals surface area contributed by atoms with Gasteiger partial charge in [-0.05, 0) is 32.0 Å². The highest BCUT2D eigenvalue weighted by atomic mass is 16.5. The van der Waals surface area contributed by atoms with Crippen molar-refractivity contribution in [3.8, 4) is 11.4 Å². The third-order valence-corrected chi connectivity index (χ3v) is 3.12. The van der Waals surface area contributed by atoms with Crippen LogP contribution in [0.15, 0.2) is 30.3 Å². The number of hydrazine groups is 1. The van der Waals surface area contributed by atoms with Gasteiger partial charge in [-0.1, -0.05) is 6.07 Å². The molecular weight excluding hydrogens is 242 g/mol. The number of aromatic nitrogens is 1. The van der Waals surface area contributed by atoms with Gasteiger partial charge in [-0.3, -0.25) is 10.2 Å². The summed E-state index contributed by atoms with van der Waals surface area (Å²) in [5.74, 6) is 5.67. The number of methoxy groups -OCH3 is 1. The minimum atomic E-state index is -0.290. The van der Waals surface area contributed by atoms with Gasteiger partial charge in [0.15, 0.2) is 0 Å². The van der Waals surface area contributed by atoms with Crippen molar-refractivity contribution >= 4 is 5.91 Å². The van der Waals surface area contributed by atoms with Crippen molar-refractivity contribution in [2.24, 2.45) is 5.84 Å². The molecule has 0 spiro atoms. The molecule has 3 N–H and O–H groups in total. The molecule has 0 bridgehead atoms. The summed E-state index contributed by atoms with van der Waals surface area (Å²) in [5.41, 5.74) is 5.48. The summed E-state index contributed by atoms with van der Waals surface area (Å²) in [6.07, 6.45) is 0. The molecule has 0 aliphatic heterocycles. The predicted molar refractivity (Wildman–Crippen MR) is 73.4 cm³/mol. The van der Waals surface area contributed by atoms with E-state index >= 15 is 0 Å². The second-order valence-electron chi connectivity index (χ2n) is 4.30. The number of nitrogens with zero attached hydrogens (tertiary/aromatic N) is 1. The third kappa shape index (κ3) is 2.32. The van der Waals surface area contributed by atoms with Gasteiger partial charge < -0.3 is 9.30 Å². The van der Waals surface area contributed by atoms with Crippen LogP contribution in [0.3, 0.4) is 0 Å². The molecule has 19 heavy (non-hydrogen) atoms. The molecule has 5 nitrogen and oxygen atoms in total. The van der Waals surface area contributed by atoms with E-state index in [4.69, 9.17) is 10.6 Å². The van der Waals surface area contributed by atoms with E-state index < -0.39 is 0 Å². The highest BCUT2D eigenvalue weighted by molar-refractivity contribution is 5.95. The maximum absolute atomic E-state index is 11.7. The number of nitrogen functional groups attached to an aromatic ring is 1. The van der Waals surface area contributed by atoms with Gasteiger partial charge in [0.25, 0.3) is 5.91 Å². The number of hydrogen-bond acceptors (Lipinski definition) is 3. The van der Waals surface area contributed by atoms with Crippen LogP contribution >= 0.6 is 0 Å². The van der Waals surface area contributed by atoms with Crippen LogP contribution in [0, 0.1) is 13.8 Å². The molecule has 100 valence electrons. The Balaban J connectivity index is 2.56. The van der Waals surface area contributed by atoms with Crippen LogP contribution in [0.25, 0.3) is 5.69 Å². The predicted octanol–water partition coefficient (Wildman–Crippen LogP) is 1.71. The first-order valence-corrected chi connectivity index (χ1v) is 5.92. The Morgan fingerprint density at radius 1 is 1.32 bits per heavy atom. The Hall–Kier alpha value is -2.27. The smallest absolute Gasteiger partial charge is 0.267 e. The van der Waals surface area contributed by atoms with Crippen molar-refractivity contribution in [1.29, 1.82) is 0 Å². The van der Waals surface area contributed by atoms with Crippen LogP contribution in [0.2, 0.25) is 0 Å². The molecular formula is C14H17N3O2. The number of hydrogen-bond donors (Lipinski definition) is 2. The molecule has 0 fully saturated rings. The van der Waals surface area contributed by atoms with Gasteiger partial charge in [0.1, 0.15) is 5.75 Å². The Labute approximate surface area is 112 Å². The van der Waals surface area contributed by atoms with Gasteiger partial charge >= 0.3 is 0 Å². The molecule has 5 heteroatoms. The lowest BCUT2D eigenvalue weighted by Crippen LogP contribution is -2.30. The van der Waals surface area contributed by atoms with Crippen molar-refractivity contribution in [1.82, 2.24) is 9.99 Å². The van der Waals surface area contributed by atoms with Crippen LogP contribution in [0.5, 0.6) is 5.75 Å². The first-order chi connectivity index (χ1) is 9.08. The Kier molecular flexibility index (Phi) is 3.57. The number of carbonyl (C=O) groups is 1. The number of nitrogens with two attached hydrogens (primary N) is 1. The molecule has 0 aliphatic rings. The van der Waals surface area contributed by atoms with E-state index in [-0.39, 0.29) is 5.91 Å². The summed E-state index contributed by atoms with van der Waals surface area (Å²) in [6, 6.07) is 9.49. The standard InChI is InChI=1S/C14H17N3O2/c1-9-7-13(14(18)16-15)10(2)17(9)11-5-4-6-12(8-11)19-3/h4-8H,15H2,1-3H3,(H,16,18). The van der Waals surface area contributed by atoms with Gasteiger partial charge in [-0.2, -0.15) is 0 Å². The Morgan fingerprint density at radius 2 is 2.05 bits per heavy atom. The van der Waals surface area contributed by atoms with E-state index in [2.05, 4.69) is 5.43 Å². The highest BCUT2D eigenvalue weighted by Gasteiger charge is 2.15. The fraction of sp³-hybridized carbons (Fsp3) is 0.214. The molecule has 0 unspecified atom stereocenters.